The third kappa shape index (κ3) is 6.38. The van der Waals surface area contributed by atoms with Crippen molar-refractivity contribution < 1.29 is 32.3 Å². The van der Waals surface area contributed by atoms with Crippen molar-refractivity contribution in [2.45, 2.75) is 76.8 Å². The number of hydrogen-bond acceptors (Lipinski definition) is 7. The molecule has 0 aliphatic carbocycles. The first-order chi connectivity index (χ1) is 15.0. The van der Waals surface area contributed by atoms with Gasteiger partial charge in [0.15, 0.2) is 0 Å². The number of amides is 2. The SMILES string of the molecule is COC(=O)[C@H](Cc1ccc(C2CC(=O)N(C(C)(C)C)S2(=O)=O)c(Cl)c1)NC(=O)OC(C)(C)C. The zero-order chi connectivity index (χ0) is 25.4. The van der Waals surface area contributed by atoms with Gasteiger partial charge >= 0.3 is 12.1 Å². The van der Waals surface area contributed by atoms with Gasteiger partial charge < -0.3 is 14.8 Å². The number of nitrogens with one attached hydrogen (secondary N) is 1. The number of halogens is 1. The Labute approximate surface area is 199 Å². The van der Waals surface area contributed by atoms with E-state index in [0.717, 1.165) is 4.31 Å². The van der Waals surface area contributed by atoms with Crippen molar-refractivity contribution in [3.05, 3.63) is 34.3 Å². The van der Waals surface area contributed by atoms with Crippen molar-refractivity contribution in [2.24, 2.45) is 0 Å². The number of ether oxygens (including phenoxy) is 2. The Hall–Kier alpha value is -2.33. The predicted molar refractivity (Wildman–Crippen MR) is 123 cm³/mol. The van der Waals surface area contributed by atoms with E-state index in [1.54, 1.807) is 47.6 Å². The van der Waals surface area contributed by atoms with E-state index in [0.29, 0.717) is 11.1 Å². The minimum atomic E-state index is -3.95. The van der Waals surface area contributed by atoms with Crippen LogP contribution in [0.15, 0.2) is 18.2 Å². The molecule has 1 aliphatic heterocycles. The van der Waals surface area contributed by atoms with Crippen LogP contribution in [-0.2, 0) is 35.5 Å². The van der Waals surface area contributed by atoms with Gasteiger partial charge in [-0.05, 0) is 58.7 Å². The normalized spacial score (nSPS) is 19.2. The Kier molecular flexibility index (Phi) is 7.75. The molecule has 11 heteroatoms. The molecule has 1 heterocycles. The van der Waals surface area contributed by atoms with Crippen molar-refractivity contribution in [3.63, 3.8) is 0 Å². The maximum atomic E-state index is 13.1. The summed E-state index contributed by atoms with van der Waals surface area (Å²) in [6.07, 6.45) is -0.946. The molecule has 0 aromatic heterocycles. The highest BCUT2D eigenvalue weighted by Crippen LogP contribution is 2.42. The van der Waals surface area contributed by atoms with Gasteiger partial charge in [-0.3, -0.25) is 4.79 Å². The zero-order valence-corrected chi connectivity index (χ0v) is 21.5. The molecule has 1 N–H and O–H groups in total. The number of nitrogens with zero attached hydrogens (tertiary/aromatic N) is 1. The van der Waals surface area contributed by atoms with Crippen LogP contribution in [0.1, 0.15) is 64.3 Å². The molecule has 2 atom stereocenters. The van der Waals surface area contributed by atoms with Gasteiger partial charge in [-0.15, -0.1) is 0 Å². The van der Waals surface area contributed by atoms with E-state index in [9.17, 15) is 22.8 Å². The van der Waals surface area contributed by atoms with Crippen LogP contribution in [0.5, 0.6) is 0 Å². The van der Waals surface area contributed by atoms with E-state index in [2.05, 4.69) is 5.32 Å². The van der Waals surface area contributed by atoms with Crippen LogP contribution in [0.25, 0.3) is 0 Å². The number of benzene rings is 1. The second-order valence-electron chi connectivity index (χ2n) is 9.85. The summed E-state index contributed by atoms with van der Waals surface area (Å²) in [5.74, 6) is -1.16. The fraction of sp³-hybridized carbons (Fsp3) is 0.591. The number of sulfonamides is 1. The summed E-state index contributed by atoms with van der Waals surface area (Å²) in [7, 11) is -2.75. The molecule has 1 aromatic carbocycles. The summed E-state index contributed by atoms with van der Waals surface area (Å²) < 4.78 is 37.0. The standard InChI is InChI=1S/C22H31ClN2O7S/c1-21(2,3)25-18(26)12-17(33(25,29)30)14-9-8-13(10-15(14)23)11-16(19(27)31-7)24-20(28)32-22(4,5)6/h8-10,16-17H,11-12H2,1-7H3,(H,24,28)/t16-,17?/m0/s1. The fourth-order valence-electron chi connectivity index (χ4n) is 3.62. The lowest BCUT2D eigenvalue weighted by molar-refractivity contribution is -0.143. The van der Waals surface area contributed by atoms with Gasteiger partial charge in [0.2, 0.25) is 15.9 Å². The second-order valence-corrected chi connectivity index (χ2v) is 12.2. The van der Waals surface area contributed by atoms with Gasteiger partial charge in [0.25, 0.3) is 0 Å². The molecule has 0 spiro atoms. The zero-order valence-electron chi connectivity index (χ0n) is 19.9. The van der Waals surface area contributed by atoms with Gasteiger partial charge in [-0.25, -0.2) is 22.3 Å². The number of carbonyl (C=O) groups is 3. The lowest BCUT2D eigenvalue weighted by Crippen LogP contribution is -2.45. The molecular weight excluding hydrogens is 472 g/mol. The highest BCUT2D eigenvalue weighted by molar-refractivity contribution is 7.90. The molecule has 1 unspecified atom stereocenters. The topological polar surface area (TPSA) is 119 Å². The van der Waals surface area contributed by atoms with E-state index >= 15 is 0 Å². The summed E-state index contributed by atoms with van der Waals surface area (Å²) in [5, 5.41) is 1.53. The molecular formula is C22H31ClN2O7S. The highest BCUT2D eigenvalue weighted by atomic mass is 35.5. The molecule has 184 valence electrons. The van der Waals surface area contributed by atoms with Gasteiger partial charge in [0.1, 0.15) is 16.9 Å². The van der Waals surface area contributed by atoms with Crippen molar-refractivity contribution >= 4 is 39.6 Å². The smallest absolute Gasteiger partial charge is 0.408 e. The first kappa shape index (κ1) is 26.9. The summed E-state index contributed by atoms with van der Waals surface area (Å²) >= 11 is 6.41. The Morgan fingerprint density at radius 1 is 1.21 bits per heavy atom. The van der Waals surface area contributed by atoms with Crippen LogP contribution in [0, 0.1) is 0 Å². The molecule has 2 amide bonds. The highest BCUT2D eigenvalue weighted by Gasteiger charge is 2.50. The predicted octanol–water partition coefficient (Wildman–Crippen LogP) is 3.35. The van der Waals surface area contributed by atoms with E-state index < -0.39 is 50.4 Å². The molecule has 33 heavy (non-hydrogen) atoms. The third-order valence-corrected chi connectivity index (χ3v) is 7.57. The molecule has 9 nitrogen and oxygen atoms in total. The summed E-state index contributed by atoms with van der Waals surface area (Å²) in [4.78, 5) is 36.8. The Balaban J connectivity index is 2.28. The van der Waals surface area contributed by atoms with E-state index in [1.165, 1.54) is 19.2 Å². The average Bonchev–Trinajstić information content (AvgIpc) is 2.87. The number of esters is 1. The summed E-state index contributed by atoms with van der Waals surface area (Å²) in [6, 6.07) is 3.61. The number of methoxy groups -OCH3 is 1. The first-order valence-electron chi connectivity index (χ1n) is 10.4. The monoisotopic (exact) mass is 502 g/mol. The Bertz CT molecular complexity index is 1040. The second kappa shape index (κ2) is 9.50. The van der Waals surface area contributed by atoms with Crippen LogP contribution in [-0.4, -0.2) is 55.0 Å². The fourth-order valence-corrected chi connectivity index (χ4v) is 6.28. The third-order valence-electron chi connectivity index (χ3n) is 4.84. The van der Waals surface area contributed by atoms with E-state index in [-0.39, 0.29) is 17.9 Å². The van der Waals surface area contributed by atoms with Gasteiger partial charge in [-0.2, -0.15) is 0 Å². The molecule has 0 radical (unpaired) electrons. The van der Waals surface area contributed by atoms with Crippen molar-refractivity contribution in [1.82, 2.24) is 9.62 Å². The molecule has 1 aromatic rings. The lowest BCUT2D eigenvalue weighted by Gasteiger charge is -2.30. The quantitative estimate of drug-likeness (QED) is 0.613. The number of hydrogen-bond donors (Lipinski definition) is 1. The largest absolute Gasteiger partial charge is 0.467 e. The van der Waals surface area contributed by atoms with E-state index in [4.69, 9.17) is 21.1 Å². The Morgan fingerprint density at radius 2 is 1.82 bits per heavy atom. The number of rotatable bonds is 5. The molecule has 1 saturated heterocycles. The lowest BCUT2D eigenvalue weighted by atomic mass is 10.0. The van der Waals surface area contributed by atoms with Crippen molar-refractivity contribution in [1.29, 1.82) is 0 Å². The molecule has 0 saturated carbocycles. The van der Waals surface area contributed by atoms with Gasteiger partial charge in [-0.1, -0.05) is 23.7 Å². The van der Waals surface area contributed by atoms with Crippen molar-refractivity contribution in [2.75, 3.05) is 7.11 Å². The van der Waals surface area contributed by atoms with Crippen LogP contribution in [0.4, 0.5) is 4.79 Å². The molecule has 2 rings (SSSR count). The summed E-state index contributed by atoms with van der Waals surface area (Å²) in [6.45, 7) is 10.0. The minimum absolute atomic E-state index is 0.0381. The Morgan fingerprint density at radius 3 is 2.27 bits per heavy atom. The van der Waals surface area contributed by atoms with Gasteiger partial charge in [0.05, 0.1) is 19.1 Å². The maximum absolute atomic E-state index is 13.1. The van der Waals surface area contributed by atoms with E-state index in [1.807, 2.05) is 0 Å². The molecule has 1 fully saturated rings. The van der Waals surface area contributed by atoms with Crippen LogP contribution >= 0.6 is 11.6 Å². The van der Waals surface area contributed by atoms with Crippen LogP contribution in [0.2, 0.25) is 5.02 Å². The van der Waals surface area contributed by atoms with Crippen LogP contribution < -0.4 is 5.32 Å². The summed E-state index contributed by atoms with van der Waals surface area (Å²) in [5.41, 5.74) is -0.779. The number of carbonyl (C=O) groups excluding carboxylic acids is 3. The van der Waals surface area contributed by atoms with Gasteiger partial charge in [0, 0.05) is 11.4 Å². The van der Waals surface area contributed by atoms with Crippen molar-refractivity contribution in [3.8, 4) is 0 Å². The first-order valence-corrected chi connectivity index (χ1v) is 12.3. The minimum Gasteiger partial charge on any atom is -0.467 e. The number of alkyl carbamates (subject to hydrolysis) is 1. The maximum Gasteiger partial charge on any atom is 0.408 e. The average molecular weight is 503 g/mol. The molecule has 0 bridgehead atoms. The van der Waals surface area contributed by atoms with Crippen LogP contribution in [0.3, 0.4) is 0 Å². The molecule has 1 aliphatic rings.